The minimum atomic E-state index is -1.11. The number of para-hydroxylation sites is 3. The van der Waals surface area contributed by atoms with Crippen molar-refractivity contribution in [2.45, 2.75) is 13.0 Å². The van der Waals surface area contributed by atoms with Gasteiger partial charge >= 0.3 is 0 Å². The SMILES string of the molecule is CCOc1cc(C2C(C(=O)c3cc4cccc(OC)c4o3)=C(O)C(=O)N2c2nc3ccccc3[nH]2)ccc1O. The zero-order valence-corrected chi connectivity index (χ0v) is 21.0. The molecule has 3 aromatic carbocycles. The lowest BCUT2D eigenvalue weighted by Crippen LogP contribution is -2.32. The van der Waals surface area contributed by atoms with Crippen LogP contribution in [0.15, 0.2) is 82.5 Å². The molecule has 1 aliphatic heterocycles. The molecule has 1 amide bonds. The maximum Gasteiger partial charge on any atom is 0.296 e. The van der Waals surface area contributed by atoms with Crippen LogP contribution < -0.4 is 14.4 Å². The number of nitrogens with one attached hydrogen (secondary N) is 1. The number of phenols is 1. The van der Waals surface area contributed by atoms with E-state index in [0.29, 0.717) is 33.3 Å². The van der Waals surface area contributed by atoms with E-state index in [1.165, 1.54) is 30.2 Å². The third-order valence-electron chi connectivity index (χ3n) is 6.61. The molecule has 5 aromatic rings. The van der Waals surface area contributed by atoms with Gasteiger partial charge in [0.15, 0.2) is 34.4 Å². The van der Waals surface area contributed by atoms with Gasteiger partial charge in [0.25, 0.3) is 5.91 Å². The van der Waals surface area contributed by atoms with Crippen LogP contribution >= 0.6 is 0 Å². The third-order valence-corrected chi connectivity index (χ3v) is 6.61. The molecule has 1 aliphatic rings. The Bertz CT molecular complexity index is 1770. The van der Waals surface area contributed by atoms with Crippen LogP contribution in [0.2, 0.25) is 0 Å². The number of anilines is 1. The standard InChI is InChI=1S/C29H23N3O7/c1-3-38-21-13-15(11-12-19(21)33)24-23(25(34)22-14-16-7-6-10-20(37-2)27(16)39-22)26(35)28(36)32(24)29-30-17-8-4-5-9-18(17)31-29/h4-14,24,33,35H,3H2,1-2H3,(H,30,31). The predicted octanol–water partition coefficient (Wildman–Crippen LogP) is 5.20. The number of hydrogen-bond acceptors (Lipinski definition) is 8. The van der Waals surface area contributed by atoms with Gasteiger partial charge in [-0.05, 0) is 48.9 Å². The van der Waals surface area contributed by atoms with E-state index in [9.17, 15) is 19.8 Å². The maximum absolute atomic E-state index is 13.9. The number of amides is 1. The highest BCUT2D eigenvalue weighted by Crippen LogP contribution is 2.44. The van der Waals surface area contributed by atoms with Crippen LogP contribution in [-0.2, 0) is 4.79 Å². The summed E-state index contributed by atoms with van der Waals surface area (Å²) in [5.74, 6) is -1.68. The molecule has 3 N–H and O–H groups in total. The fourth-order valence-corrected chi connectivity index (χ4v) is 4.84. The number of aliphatic hydroxyl groups excluding tert-OH is 1. The number of furan rings is 1. The summed E-state index contributed by atoms with van der Waals surface area (Å²) < 4.78 is 16.8. The topological polar surface area (TPSA) is 138 Å². The molecule has 0 fully saturated rings. The van der Waals surface area contributed by atoms with E-state index in [4.69, 9.17) is 13.9 Å². The molecular weight excluding hydrogens is 502 g/mol. The first kappa shape index (κ1) is 24.1. The number of aromatic nitrogens is 2. The second-order valence-corrected chi connectivity index (χ2v) is 8.90. The molecule has 10 nitrogen and oxygen atoms in total. The summed E-state index contributed by atoms with van der Waals surface area (Å²) in [5.41, 5.74) is 1.84. The Labute approximate surface area is 221 Å². The molecule has 0 aliphatic carbocycles. The van der Waals surface area contributed by atoms with Crippen molar-refractivity contribution in [1.82, 2.24) is 9.97 Å². The first-order chi connectivity index (χ1) is 18.9. The van der Waals surface area contributed by atoms with Gasteiger partial charge < -0.3 is 29.1 Å². The number of benzene rings is 3. The number of aromatic amines is 1. The summed E-state index contributed by atoms with van der Waals surface area (Å²) in [7, 11) is 1.49. The van der Waals surface area contributed by atoms with E-state index in [2.05, 4.69) is 9.97 Å². The van der Waals surface area contributed by atoms with Gasteiger partial charge in [-0.1, -0.05) is 30.3 Å². The molecule has 39 heavy (non-hydrogen) atoms. The van der Waals surface area contributed by atoms with E-state index in [0.717, 1.165) is 0 Å². The third kappa shape index (κ3) is 3.84. The van der Waals surface area contributed by atoms with Gasteiger partial charge in [-0.25, -0.2) is 4.98 Å². The second kappa shape index (κ2) is 9.25. The van der Waals surface area contributed by atoms with Crippen LogP contribution in [-0.4, -0.2) is 45.6 Å². The number of rotatable bonds is 7. The normalized spacial score (nSPS) is 15.5. The summed E-state index contributed by atoms with van der Waals surface area (Å²) >= 11 is 0. The number of aromatic hydroxyl groups is 1. The number of aliphatic hydroxyl groups is 1. The van der Waals surface area contributed by atoms with Crippen molar-refractivity contribution >= 4 is 39.6 Å². The van der Waals surface area contributed by atoms with Crippen LogP contribution in [0.3, 0.4) is 0 Å². The average Bonchev–Trinajstić information content (AvgIpc) is 3.64. The van der Waals surface area contributed by atoms with E-state index in [-0.39, 0.29) is 35.4 Å². The Morgan fingerprint density at radius 1 is 1.08 bits per heavy atom. The van der Waals surface area contributed by atoms with Gasteiger partial charge in [0.05, 0.1) is 36.4 Å². The van der Waals surface area contributed by atoms with Crippen molar-refractivity contribution < 1.29 is 33.7 Å². The Balaban J connectivity index is 1.52. The minimum Gasteiger partial charge on any atom is -0.504 e. The molecule has 196 valence electrons. The van der Waals surface area contributed by atoms with Crippen molar-refractivity contribution in [3.63, 3.8) is 0 Å². The van der Waals surface area contributed by atoms with Crippen molar-refractivity contribution in [2.75, 3.05) is 18.6 Å². The molecule has 1 atom stereocenters. The van der Waals surface area contributed by atoms with Crippen LogP contribution in [0.1, 0.15) is 29.1 Å². The molecule has 0 saturated heterocycles. The first-order valence-corrected chi connectivity index (χ1v) is 12.2. The van der Waals surface area contributed by atoms with Gasteiger partial charge in [0, 0.05) is 5.39 Å². The van der Waals surface area contributed by atoms with Gasteiger partial charge in [-0.15, -0.1) is 0 Å². The number of hydrogen-bond donors (Lipinski definition) is 3. The largest absolute Gasteiger partial charge is 0.504 e. The number of phenolic OH excluding ortho intramolecular Hbond substituents is 1. The number of carbonyl (C=O) groups excluding carboxylic acids is 2. The maximum atomic E-state index is 13.9. The molecule has 0 bridgehead atoms. The minimum absolute atomic E-state index is 0.0795. The number of carbonyl (C=O) groups is 2. The summed E-state index contributed by atoms with van der Waals surface area (Å²) in [6.45, 7) is 2.05. The van der Waals surface area contributed by atoms with Gasteiger partial charge in [0.2, 0.25) is 11.7 Å². The zero-order valence-electron chi connectivity index (χ0n) is 21.0. The average molecular weight is 526 g/mol. The predicted molar refractivity (Wildman–Crippen MR) is 142 cm³/mol. The molecule has 1 unspecified atom stereocenters. The molecule has 3 heterocycles. The van der Waals surface area contributed by atoms with Gasteiger partial charge in [0.1, 0.15) is 0 Å². The number of Topliss-reactive ketones (excluding diaryl/α,β-unsaturated/α-hetero) is 1. The van der Waals surface area contributed by atoms with E-state index in [1.54, 1.807) is 43.3 Å². The molecule has 0 radical (unpaired) electrons. The number of fused-ring (bicyclic) bond motifs is 2. The van der Waals surface area contributed by atoms with Crippen LogP contribution in [0.5, 0.6) is 17.2 Å². The first-order valence-electron chi connectivity index (χ1n) is 12.2. The smallest absolute Gasteiger partial charge is 0.296 e. The van der Waals surface area contributed by atoms with E-state index < -0.39 is 23.5 Å². The summed E-state index contributed by atoms with van der Waals surface area (Å²) in [4.78, 5) is 36.3. The quantitative estimate of drug-likeness (QED) is 0.246. The Morgan fingerprint density at radius 2 is 1.90 bits per heavy atom. The number of imidazole rings is 1. The fourth-order valence-electron chi connectivity index (χ4n) is 4.84. The number of nitrogens with zero attached hydrogens (tertiary/aromatic N) is 2. The highest BCUT2D eigenvalue weighted by Gasteiger charge is 2.47. The molecule has 6 rings (SSSR count). The van der Waals surface area contributed by atoms with E-state index in [1.807, 2.05) is 12.1 Å². The lowest BCUT2D eigenvalue weighted by atomic mass is 9.94. The second-order valence-electron chi connectivity index (χ2n) is 8.90. The van der Waals surface area contributed by atoms with Crippen molar-refractivity contribution in [2.24, 2.45) is 0 Å². The van der Waals surface area contributed by atoms with E-state index >= 15 is 0 Å². The highest BCUT2D eigenvalue weighted by atomic mass is 16.5. The van der Waals surface area contributed by atoms with Crippen molar-refractivity contribution in [3.05, 3.63) is 89.4 Å². The molecular formula is C29H23N3O7. The number of ether oxygens (including phenoxy) is 2. The number of methoxy groups -OCH3 is 1. The fraction of sp³-hybridized carbons (Fsp3) is 0.138. The van der Waals surface area contributed by atoms with Gasteiger partial charge in [-0.2, -0.15) is 0 Å². The van der Waals surface area contributed by atoms with Crippen molar-refractivity contribution in [3.8, 4) is 17.2 Å². The summed E-state index contributed by atoms with van der Waals surface area (Å²) in [6, 6.07) is 17.4. The Morgan fingerprint density at radius 3 is 2.67 bits per heavy atom. The Hall–Kier alpha value is -5.25. The summed E-state index contributed by atoms with van der Waals surface area (Å²) in [6.07, 6.45) is 0. The van der Waals surface area contributed by atoms with Gasteiger partial charge in [-0.3, -0.25) is 14.5 Å². The van der Waals surface area contributed by atoms with Crippen LogP contribution in [0.4, 0.5) is 5.95 Å². The summed E-state index contributed by atoms with van der Waals surface area (Å²) in [5, 5.41) is 22.0. The lowest BCUT2D eigenvalue weighted by molar-refractivity contribution is -0.117. The molecule has 0 saturated carbocycles. The highest BCUT2D eigenvalue weighted by molar-refractivity contribution is 6.20. The van der Waals surface area contributed by atoms with Crippen molar-refractivity contribution in [1.29, 1.82) is 0 Å². The van der Waals surface area contributed by atoms with Crippen LogP contribution in [0.25, 0.3) is 22.0 Å². The number of H-pyrrole nitrogens is 1. The Kier molecular flexibility index (Phi) is 5.72. The molecule has 2 aromatic heterocycles. The zero-order chi connectivity index (χ0) is 27.3. The lowest BCUT2D eigenvalue weighted by Gasteiger charge is -2.25. The monoisotopic (exact) mass is 525 g/mol. The molecule has 10 heteroatoms. The number of ketones is 1. The van der Waals surface area contributed by atoms with Crippen LogP contribution in [0, 0.1) is 0 Å². The molecule has 0 spiro atoms.